The first-order valence-corrected chi connectivity index (χ1v) is 6.64. The molecule has 1 aromatic rings. The molecule has 0 aliphatic rings. The zero-order chi connectivity index (χ0) is 13.9. The van der Waals surface area contributed by atoms with E-state index in [4.69, 9.17) is 0 Å². The molecule has 1 heterocycles. The van der Waals surface area contributed by atoms with Crippen molar-refractivity contribution in [3.8, 4) is 0 Å². The smallest absolute Gasteiger partial charge is 0.265 e. The van der Waals surface area contributed by atoms with Crippen molar-refractivity contribution in [3.05, 3.63) is 10.6 Å². The maximum Gasteiger partial charge on any atom is 0.265 e. The highest BCUT2D eigenvalue weighted by Gasteiger charge is 2.23. The number of amides is 1. The van der Waals surface area contributed by atoms with E-state index in [9.17, 15) is 9.59 Å². The summed E-state index contributed by atoms with van der Waals surface area (Å²) in [6, 6.07) is 0. The molecule has 5 nitrogen and oxygen atoms in total. The highest BCUT2D eigenvalue weighted by atomic mass is 32.1. The minimum atomic E-state index is -0.444. The fourth-order valence-corrected chi connectivity index (χ4v) is 1.97. The minimum Gasteiger partial charge on any atom is -0.344 e. The Morgan fingerprint density at radius 3 is 2.44 bits per heavy atom. The second-order valence-corrected chi connectivity index (χ2v) is 6.25. The number of hydrogen-bond donors (Lipinski definition) is 1. The Morgan fingerprint density at radius 1 is 1.33 bits per heavy atom. The van der Waals surface area contributed by atoms with Crippen LogP contribution in [0.2, 0.25) is 0 Å². The fraction of sp³-hybridized carbons (Fsp3) is 0.667. The average Bonchev–Trinajstić information content (AvgIpc) is 2.72. The monoisotopic (exact) mass is 269 g/mol. The lowest BCUT2D eigenvalue weighted by atomic mass is 9.91. The van der Waals surface area contributed by atoms with E-state index in [1.165, 1.54) is 0 Å². The average molecular weight is 269 g/mol. The number of nitrogens with zero attached hydrogens (tertiary/aromatic N) is 2. The third kappa shape index (κ3) is 3.60. The second-order valence-electron chi connectivity index (χ2n) is 5.50. The first-order chi connectivity index (χ1) is 8.23. The van der Waals surface area contributed by atoms with Crippen LogP contribution in [0.15, 0.2) is 0 Å². The summed E-state index contributed by atoms with van der Waals surface area (Å²) in [5.41, 5.74) is 0.237. The highest BCUT2D eigenvalue weighted by molar-refractivity contribution is 7.08. The molecule has 18 heavy (non-hydrogen) atoms. The van der Waals surface area contributed by atoms with Crippen LogP contribution in [0.25, 0.3) is 0 Å². The Morgan fingerprint density at radius 2 is 1.94 bits per heavy atom. The summed E-state index contributed by atoms with van der Waals surface area (Å²) in [6.45, 7) is 9.43. The van der Waals surface area contributed by atoms with Crippen LogP contribution < -0.4 is 5.32 Å². The third-order valence-electron chi connectivity index (χ3n) is 2.51. The van der Waals surface area contributed by atoms with Crippen molar-refractivity contribution in [2.24, 2.45) is 5.41 Å². The van der Waals surface area contributed by atoms with Crippen molar-refractivity contribution in [1.29, 1.82) is 0 Å². The lowest BCUT2D eigenvalue weighted by molar-refractivity contribution is -0.125. The van der Waals surface area contributed by atoms with Gasteiger partial charge in [0.05, 0.1) is 12.2 Å². The van der Waals surface area contributed by atoms with Crippen LogP contribution in [0.5, 0.6) is 0 Å². The van der Waals surface area contributed by atoms with Crippen LogP contribution in [0, 0.1) is 5.41 Å². The zero-order valence-electron chi connectivity index (χ0n) is 11.4. The van der Waals surface area contributed by atoms with Crippen molar-refractivity contribution in [2.75, 3.05) is 6.54 Å². The highest BCUT2D eigenvalue weighted by Crippen LogP contribution is 2.19. The number of nitrogens with one attached hydrogen (secondary N) is 1. The van der Waals surface area contributed by atoms with Crippen LogP contribution >= 0.6 is 11.5 Å². The number of aromatic nitrogens is 2. The van der Waals surface area contributed by atoms with Gasteiger partial charge < -0.3 is 5.32 Å². The first-order valence-electron chi connectivity index (χ1n) is 5.87. The van der Waals surface area contributed by atoms with E-state index >= 15 is 0 Å². The molecule has 0 fully saturated rings. The van der Waals surface area contributed by atoms with E-state index in [2.05, 4.69) is 14.9 Å². The number of carbonyl (C=O) groups excluding carboxylic acids is 2. The van der Waals surface area contributed by atoms with Crippen LogP contribution in [0.1, 0.15) is 55.9 Å². The standard InChI is InChI=1S/C12H19N3O2S/c1-7(2)9-10(18-15-14-9)11(17)13-6-8(16)12(3,4)5/h7H,6H2,1-5H3,(H,13,17). The molecular weight excluding hydrogens is 250 g/mol. The fourth-order valence-electron chi connectivity index (χ4n) is 1.24. The lowest BCUT2D eigenvalue weighted by Gasteiger charge is -2.16. The molecular formula is C12H19N3O2S. The zero-order valence-corrected chi connectivity index (χ0v) is 12.2. The summed E-state index contributed by atoms with van der Waals surface area (Å²) in [5, 5.41) is 6.56. The minimum absolute atomic E-state index is 0.000536. The molecule has 0 radical (unpaired) electrons. The number of ketones is 1. The van der Waals surface area contributed by atoms with E-state index in [0.29, 0.717) is 10.6 Å². The van der Waals surface area contributed by atoms with Gasteiger partial charge in [0.15, 0.2) is 5.78 Å². The van der Waals surface area contributed by atoms with Crippen LogP contribution in [-0.2, 0) is 4.79 Å². The largest absolute Gasteiger partial charge is 0.344 e. The lowest BCUT2D eigenvalue weighted by Crippen LogP contribution is -2.35. The van der Waals surface area contributed by atoms with E-state index in [0.717, 1.165) is 11.5 Å². The van der Waals surface area contributed by atoms with Crippen LogP contribution in [0.4, 0.5) is 0 Å². The van der Waals surface area contributed by atoms with Gasteiger partial charge in [0.1, 0.15) is 4.88 Å². The SMILES string of the molecule is CC(C)c1nnsc1C(=O)NCC(=O)C(C)(C)C. The summed E-state index contributed by atoms with van der Waals surface area (Å²) < 4.78 is 3.79. The van der Waals surface area contributed by atoms with Gasteiger partial charge in [-0.15, -0.1) is 5.10 Å². The summed E-state index contributed by atoms with van der Waals surface area (Å²) in [6.07, 6.45) is 0. The summed E-state index contributed by atoms with van der Waals surface area (Å²) in [4.78, 5) is 24.1. The Balaban J connectivity index is 2.67. The summed E-state index contributed by atoms with van der Waals surface area (Å²) in [5.74, 6) is -0.131. The molecule has 100 valence electrons. The maximum absolute atomic E-state index is 11.9. The molecule has 1 aromatic heterocycles. The molecule has 1 N–H and O–H groups in total. The first kappa shape index (κ1) is 14.8. The van der Waals surface area contributed by atoms with Crippen molar-refractivity contribution in [3.63, 3.8) is 0 Å². The van der Waals surface area contributed by atoms with Gasteiger partial charge in [-0.3, -0.25) is 9.59 Å². The topological polar surface area (TPSA) is 72.0 Å². The molecule has 0 saturated heterocycles. The van der Waals surface area contributed by atoms with Gasteiger partial charge in [-0.2, -0.15) is 0 Å². The van der Waals surface area contributed by atoms with Crippen molar-refractivity contribution in [1.82, 2.24) is 14.9 Å². The molecule has 0 spiro atoms. The normalized spacial score (nSPS) is 11.7. The van der Waals surface area contributed by atoms with Gasteiger partial charge in [-0.1, -0.05) is 39.1 Å². The predicted molar refractivity (Wildman–Crippen MR) is 70.8 cm³/mol. The summed E-state index contributed by atoms with van der Waals surface area (Å²) >= 11 is 1.06. The van der Waals surface area contributed by atoms with Gasteiger partial charge in [-0.05, 0) is 17.5 Å². The molecule has 1 rings (SSSR count). The Labute approximate surface area is 111 Å². The number of rotatable bonds is 4. The molecule has 0 atom stereocenters. The van der Waals surface area contributed by atoms with Gasteiger partial charge >= 0.3 is 0 Å². The van der Waals surface area contributed by atoms with E-state index in [1.807, 2.05) is 34.6 Å². The van der Waals surface area contributed by atoms with Crippen molar-refractivity contribution in [2.45, 2.75) is 40.5 Å². The predicted octanol–water partition coefficient (Wildman–Crippen LogP) is 2.01. The third-order valence-corrected chi connectivity index (χ3v) is 3.25. The van der Waals surface area contributed by atoms with Gasteiger partial charge in [0, 0.05) is 5.41 Å². The molecule has 0 bridgehead atoms. The van der Waals surface area contributed by atoms with E-state index in [-0.39, 0.29) is 24.2 Å². The van der Waals surface area contributed by atoms with E-state index in [1.54, 1.807) is 0 Å². The molecule has 0 aromatic carbocycles. The molecule has 6 heteroatoms. The van der Waals surface area contributed by atoms with Crippen LogP contribution in [-0.4, -0.2) is 27.8 Å². The van der Waals surface area contributed by atoms with Gasteiger partial charge in [-0.25, -0.2) is 0 Å². The molecule has 0 saturated carbocycles. The maximum atomic E-state index is 11.9. The number of carbonyl (C=O) groups is 2. The Hall–Kier alpha value is -1.30. The molecule has 0 unspecified atom stereocenters. The number of hydrogen-bond acceptors (Lipinski definition) is 5. The quantitative estimate of drug-likeness (QED) is 0.907. The van der Waals surface area contributed by atoms with Gasteiger partial charge in [0.2, 0.25) is 0 Å². The second kappa shape index (κ2) is 5.56. The van der Waals surface area contributed by atoms with Crippen LogP contribution in [0.3, 0.4) is 0 Å². The molecule has 0 aliphatic carbocycles. The van der Waals surface area contributed by atoms with Crippen molar-refractivity contribution < 1.29 is 9.59 Å². The molecule has 0 aliphatic heterocycles. The van der Waals surface area contributed by atoms with Crippen molar-refractivity contribution >= 4 is 23.2 Å². The Kier molecular flexibility index (Phi) is 4.56. The van der Waals surface area contributed by atoms with E-state index < -0.39 is 5.41 Å². The van der Waals surface area contributed by atoms with Gasteiger partial charge in [0.25, 0.3) is 5.91 Å². The number of Topliss-reactive ketones (excluding diaryl/α,β-unsaturated/α-hetero) is 1. The summed E-state index contributed by atoms with van der Waals surface area (Å²) in [7, 11) is 0. The molecule has 1 amide bonds. The Bertz CT molecular complexity index is 446.